The van der Waals surface area contributed by atoms with Crippen LogP contribution in [0.15, 0.2) is 65.7 Å². The molecule has 0 unspecified atom stereocenters. The highest BCUT2D eigenvalue weighted by Crippen LogP contribution is 2.16. The smallest absolute Gasteiger partial charge is 0.267 e. The van der Waals surface area contributed by atoms with Gasteiger partial charge in [0, 0.05) is 22.0 Å². The molecule has 0 radical (unpaired) electrons. The summed E-state index contributed by atoms with van der Waals surface area (Å²) >= 11 is 7.67. The average molecular weight is 439 g/mol. The molecule has 1 heterocycles. The largest absolute Gasteiger partial charge is 0.350 e. The van der Waals surface area contributed by atoms with Crippen LogP contribution in [0.3, 0.4) is 0 Å². The van der Waals surface area contributed by atoms with Crippen molar-refractivity contribution in [3.05, 3.63) is 97.8 Å². The van der Waals surface area contributed by atoms with Gasteiger partial charge in [0.1, 0.15) is 5.70 Å². The van der Waals surface area contributed by atoms with E-state index in [0.717, 1.165) is 21.6 Å². The normalized spacial score (nSPS) is 11.2. The van der Waals surface area contributed by atoms with Gasteiger partial charge in [-0.3, -0.25) is 9.59 Å². The van der Waals surface area contributed by atoms with Gasteiger partial charge < -0.3 is 10.6 Å². The van der Waals surface area contributed by atoms with Crippen LogP contribution in [0.1, 0.15) is 31.9 Å². The van der Waals surface area contributed by atoms with Gasteiger partial charge >= 0.3 is 0 Å². The van der Waals surface area contributed by atoms with Gasteiger partial charge in [-0.05, 0) is 72.7 Å². The van der Waals surface area contributed by atoms with Crippen molar-refractivity contribution in [2.24, 2.45) is 0 Å². The molecule has 0 saturated carbocycles. The van der Waals surface area contributed by atoms with E-state index in [1.165, 1.54) is 11.3 Å². The lowest BCUT2D eigenvalue weighted by Crippen LogP contribution is -2.35. The van der Waals surface area contributed by atoms with Gasteiger partial charge in [-0.1, -0.05) is 41.9 Å². The molecule has 0 spiro atoms. The number of amides is 2. The highest BCUT2D eigenvalue weighted by atomic mass is 35.5. The molecule has 0 aliphatic heterocycles. The number of halogens is 1. The molecule has 0 aliphatic carbocycles. The molecule has 30 heavy (non-hydrogen) atoms. The molecule has 3 rings (SSSR count). The van der Waals surface area contributed by atoms with Gasteiger partial charge in [0.2, 0.25) is 0 Å². The third-order valence-electron chi connectivity index (χ3n) is 4.73. The average Bonchev–Trinajstić information content (AvgIpc) is 3.24. The van der Waals surface area contributed by atoms with E-state index in [1.807, 2.05) is 67.8 Å². The van der Waals surface area contributed by atoms with E-state index < -0.39 is 0 Å². The maximum Gasteiger partial charge on any atom is 0.267 e. The molecule has 2 N–H and O–H groups in total. The molecule has 0 aliphatic rings. The predicted molar refractivity (Wildman–Crippen MR) is 124 cm³/mol. The van der Waals surface area contributed by atoms with Gasteiger partial charge in [-0.2, -0.15) is 0 Å². The summed E-state index contributed by atoms with van der Waals surface area (Å²) in [6, 6.07) is 16.8. The van der Waals surface area contributed by atoms with Crippen LogP contribution in [0.25, 0.3) is 6.08 Å². The Morgan fingerprint density at radius 1 is 1.03 bits per heavy atom. The first kappa shape index (κ1) is 21.8. The number of hydrogen-bond donors (Lipinski definition) is 2. The number of hydrogen-bond acceptors (Lipinski definition) is 3. The molecule has 2 amide bonds. The first-order valence-corrected chi connectivity index (χ1v) is 10.8. The van der Waals surface area contributed by atoms with Gasteiger partial charge in [0.15, 0.2) is 0 Å². The fraction of sp³-hybridized carbons (Fsp3) is 0.167. The second-order valence-corrected chi connectivity index (χ2v) is 8.31. The summed E-state index contributed by atoms with van der Waals surface area (Å²) in [5.41, 5.74) is 3.81. The molecule has 1 aromatic heterocycles. The summed E-state index contributed by atoms with van der Waals surface area (Å²) in [5, 5.41) is 8.23. The number of carbonyl (C=O) groups excluding carboxylic acids is 2. The zero-order valence-corrected chi connectivity index (χ0v) is 18.4. The van der Waals surface area contributed by atoms with Crippen molar-refractivity contribution in [1.82, 2.24) is 10.6 Å². The second-order valence-electron chi connectivity index (χ2n) is 6.92. The Labute approximate surface area is 185 Å². The van der Waals surface area contributed by atoms with Crippen LogP contribution in [0.2, 0.25) is 5.02 Å². The third kappa shape index (κ3) is 5.81. The van der Waals surface area contributed by atoms with Gasteiger partial charge in [0.25, 0.3) is 11.8 Å². The summed E-state index contributed by atoms with van der Waals surface area (Å²) in [5.74, 6) is -0.658. The van der Waals surface area contributed by atoms with E-state index in [-0.39, 0.29) is 17.5 Å². The van der Waals surface area contributed by atoms with Crippen LogP contribution in [0, 0.1) is 13.8 Å². The summed E-state index contributed by atoms with van der Waals surface area (Å²) in [6.07, 6.45) is 2.29. The standard InChI is InChI=1S/C24H23ClN2O2S/c1-16-9-10-19(14-17(16)2)23(28)27-22(15-20-7-5-13-30-20)24(29)26-12-11-18-6-3-4-8-21(18)25/h3-10,13-15H,11-12H2,1-2H3,(H,26,29)(H,27,28). The Kier molecular flexibility index (Phi) is 7.44. The van der Waals surface area contributed by atoms with Crippen molar-refractivity contribution in [2.75, 3.05) is 6.54 Å². The second kappa shape index (κ2) is 10.2. The van der Waals surface area contributed by atoms with Crippen molar-refractivity contribution in [2.45, 2.75) is 20.3 Å². The Morgan fingerprint density at radius 2 is 1.83 bits per heavy atom. The zero-order valence-electron chi connectivity index (χ0n) is 16.9. The lowest BCUT2D eigenvalue weighted by molar-refractivity contribution is -0.117. The molecule has 0 bridgehead atoms. The highest BCUT2D eigenvalue weighted by molar-refractivity contribution is 7.10. The lowest BCUT2D eigenvalue weighted by Gasteiger charge is -2.12. The molecular weight excluding hydrogens is 416 g/mol. The topological polar surface area (TPSA) is 58.2 Å². The quantitative estimate of drug-likeness (QED) is 0.501. The van der Waals surface area contributed by atoms with E-state index in [1.54, 1.807) is 12.1 Å². The number of nitrogens with one attached hydrogen (secondary N) is 2. The van der Waals surface area contributed by atoms with Crippen LogP contribution in [-0.2, 0) is 11.2 Å². The van der Waals surface area contributed by atoms with Gasteiger partial charge in [-0.25, -0.2) is 0 Å². The molecule has 0 saturated heterocycles. The number of thiophene rings is 1. The van der Waals surface area contributed by atoms with Crippen LogP contribution in [0.5, 0.6) is 0 Å². The minimum absolute atomic E-state index is 0.208. The molecule has 6 heteroatoms. The van der Waals surface area contributed by atoms with Crippen LogP contribution in [0.4, 0.5) is 0 Å². The number of benzene rings is 2. The summed E-state index contributed by atoms with van der Waals surface area (Å²) in [7, 11) is 0. The molecule has 2 aromatic carbocycles. The maximum absolute atomic E-state index is 12.8. The molecule has 4 nitrogen and oxygen atoms in total. The van der Waals surface area contributed by atoms with Crippen LogP contribution in [-0.4, -0.2) is 18.4 Å². The van der Waals surface area contributed by atoms with E-state index in [9.17, 15) is 9.59 Å². The van der Waals surface area contributed by atoms with Crippen molar-refractivity contribution in [1.29, 1.82) is 0 Å². The Hall–Kier alpha value is -2.89. The van der Waals surface area contributed by atoms with Gasteiger partial charge in [-0.15, -0.1) is 11.3 Å². The van der Waals surface area contributed by atoms with E-state index >= 15 is 0 Å². The minimum atomic E-state index is -0.340. The van der Waals surface area contributed by atoms with Crippen molar-refractivity contribution in [3.8, 4) is 0 Å². The Bertz CT molecular complexity index is 1070. The maximum atomic E-state index is 12.8. The van der Waals surface area contributed by atoms with E-state index in [0.29, 0.717) is 23.6 Å². The number of carbonyl (C=O) groups is 2. The monoisotopic (exact) mass is 438 g/mol. The zero-order chi connectivity index (χ0) is 21.5. The minimum Gasteiger partial charge on any atom is -0.350 e. The van der Waals surface area contributed by atoms with Crippen molar-refractivity contribution in [3.63, 3.8) is 0 Å². The molecular formula is C24H23ClN2O2S. The van der Waals surface area contributed by atoms with Gasteiger partial charge in [0.05, 0.1) is 0 Å². The third-order valence-corrected chi connectivity index (χ3v) is 5.92. The Morgan fingerprint density at radius 3 is 2.53 bits per heavy atom. The fourth-order valence-corrected chi connectivity index (χ4v) is 3.75. The van der Waals surface area contributed by atoms with Crippen LogP contribution >= 0.6 is 22.9 Å². The Balaban J connectivity index is 1.72. The first-order valence-electron chi connectivity index (χ1n) is 9.59. The van der Waals surface area contributed by atoms with Crippen molar-refractivity contribution >= 4 is 40.8 Å². The SMILES string of the molecule is Cc1ccc(C(=O)NC(=Cc2cccs2)C(=O)NCCc2ccccc2Cl)cc1C. The molecule has 0 fully saturated rings. The fourth-order valence-electron chi connectivity index (χ4n) is 2.86. The first-order chi connectivity index (χ1) is 14.4. The van der Waals surface area contributed by atoms with Crippen molar-refractivity contribution < 1.29 is 9.59 Å². The molecule has 0 atom stereocenters. The molecule has 154 valence electrons. The molecule has 3 aromatic rings. The lowest BCUT2D eigenvalue weighted by atomic mass is 10.1. The predicted octanol–water partition coefficient (Wildman–Crippen LogP) is 5.15. The highest BCUT2D eigenvalue weighted by Gasteiger charge is 2.15. The van der Waals surface area contributed by atoms with E-state index in [2.05, 4.69) is 10.6 Å². The summed E-state index contributed by atoms with van der Waals surface area (Å²) < 4.78 is 0. The van der Waals surface area contributed by atoms with Crippen LogP contribution < -0.4 is 10.6 Å². The van der Waals surface area contributed by atoms with E-state index in [4.69, 9.17) is 11.6 Å². The summed E-state index contributed by atoms with van der Waals surface area (Å²) in [4.78, 5) is 26.4. The summed E-state index contributed by atoms with van der Waals surface area (Å²) in [6.45, 7) is 4.35. The number of aryl methyl sites for hydroxylation is 2. The number of rotatable bonds is 7.